The van der Waals surface area contributed by atoms with Crippen LogP contribution in [0.25, 0.3) is 0 Å². The van der Waals surface area contributed by atoms with Gasteiger partial charge in [-0.1, -0.05) is 31.9 Å². The number of esters is 2. The molecule has 0 amide bonds. The van der Waals surface area contributed by atoms with E-state index < -0.39 is 34.5 Å². The van der Waals surface area contributed by atoms with Crippen molar-refractivity contribution in [2.45, 2.75) is 70.8 Å². The lowest BCUT2D eigenvalue weighted by Gasteiger charge is -2.38. The number of benzene rings is 1. The molecule has 1 saturated carbocycles. The molecule has 1 aromatic rings. The molecule has 0 radical (unpaired) electrons. The van der Waals surface area contributed by atoms with Gasteiger partial charge in [0.15, 0.2) is 5.78 Å². The molecule has 1 aliphatic heterocycles. The van der Waals surface area contributed by atoms with Crippen LogP contribution in [0.5, 0.6) is 0 Å². The Labute approximate surface area is 210 Å². The molecule has 9 heteroatoms. The second kappa shape index (κ2) is 10.6. The van der Waals surface area contributed by atoms with Gasteiger partial charge in [-0.3, -0.25) is 19.7 Å². The second-order valence-corrected chi connectivity index (χ2v) is 9.91. The molecule has 1 fully saturated rings. The average molecular weight is 497 g/mol. The Kier molecular flexibility index (Phi) is 7.56. The summed E-state index contributed by atoms with van der Waals surface area (Å²) in [6, 6.07) is 5.94. The van der Waals surface area contributed by atoms with Crippen molar-refractivity contribution >= 4 is 23.4 Å². The number of nitro benzene ring substituents is 1. The van der Waals surface area contributed by atoms with Crippen LogP contribution in [0.1, 0.15) is 70.3 Å². The largest absolute Gasteiger partial charge is 0.468 e. The zero-order valence-corrected chi connectivity index (χ0v) is 20.9. The number of nitrogens with one attached hydrogen (secondary N) is 1. The first-order valence-corrected chi connectivity index (χ1v) is 12.5. The number of dihydropyridines is 1. The Hall–Kier alpha value is -3.49. The van der Waals surface area contributed by atoms with Crippen LogP contribution in [0.3, 0.4) is 0 Å². The number of hydrogen-bond acceptors (Lipinski definition) is 8. The van der Waals surface area contributed by atoms with Crippen LogP contribution >= 0.6 is 0 Å². The molecule has 0 bridgehead atoms. The fourth-order valence-corrected chi connectivity index (χ4v) is 5.68. The molecule has 0 unspecified atom stereocenters. The van der Waals surface area contributed by atoms with Crippen LogP contribution in [0, 0.1) is 22.0 Å². The van der Waals surface area contributed by atoms with Gasteiger partial charge in [-0.25, -0.2) is 4.79 Å². The monoisotopic (exact) mass is 496 g/mol. The van der Waals surface area contributed by atoms with Crippen molar-refractivity contribution in [3.63, 3.8) is 0 Å². The molecule has 4 rings (SSSR count). The number of non-ortho nitro benzene ring substituents is 1. The highest BCUT2D eigenvalue weighted by Gasteiger charge is 2.47. The molecule has 1 aromatic carbocycles. The van der Waals surface area contributed by atoms with Gasteiger partial charge in [-0.05, 0) is 50.5 Å². The van der Waals surface area contributed by atoms with Crippen LogP contribution < -0.4 is 5.32 Å². The van der Waals surface area contributed by atoms with Gasteiger partial charge >= 0.3 is 11.9 Å². The predicted octanol–water partition coefficient (Wildman–Crippen LogP) is 4.47. The molecule has 1 N–H and O–H groups in total. The van der Waals surface area contributed by atoms with E-state index in [1.807, 2.05) is 6.92 Å². The number of ketones is 1. The van der Waals surface area contributed by atoms with E-state index in [1.54, 1.807) is 13.0 Å². The Balaban J connectivity index is 1.80. The zero-order valence-electron chi connectivity index (χ0n) is 20.9. The third-order valence-electron chi connectivity index (χ3n) is 7.45. The summed E-state index contributed by atoms with van der Waals surface area (Å²) < 4.78 is 10.9. The molecule has 0 saturated heterocycles. The van der Waals surface area contributed by atoms with Gasteiger partial charge < -0.3 is 14.8 Å². The van der Waals surface area contributed by atoms with Crippen molar-refractivity contribution in [2.24, 2.45) is 11.8 Å². The number of methoxy groups -OCH3 is 1. The Morgan fingerprint density at radius 1 is 1.14 bits per heavy atom. The topological polar surface area (TPSA) is 125 Å². The van der Waals surface area contributed by atoms with Gasteiger partial charge in [0, 0.05) is 35.0 Å². The molecule has 0 aromatic heterocycles. The van der Waals surface area contributed by atoms with E-state index in [9.17, 15) is 24.5 Å². The first-order valence-electron chi connectivity index (χ1n) is 12.5. The van der Waals surface area contributed by atoms with E-state index in [0.717, 1.165) is 38.5 Å². The summed E-state index contributed by atoms with van der Waals surface area (Å²) in [7, 11) is 1.24. The molecule has 2 aliphatic carbocycles. The number of hydrogen-bond donors (Lipinski definition) is 1. The number of carbonyl (C=O) groups is 3. The van der Waals surface area contributed by atoms with E-state index in [1.165, 1.54) is 25.3 Å². The van der Waals surface area contributed by atoms with E-state index in [4.69, 9.17) is 9.47 Å². The highest BCUT2D eigenvalue weighted by Crippen LogP contribution is 2.46. The minimum Gasteiger partial charge on any atom is -0.468 e. The summed E-state index contributed by atoms with van der Waals surface area (Å²) in [6.07, 6.45) is 5.91. The number of allylic oxidation sites excluding steroid dienone is 3. The zero-order chi connectivity index (χ0) is 26.0. The van der Waals surface area contributed by atoms with Gasteiger partial charge in [0.2, 0.25) is 0 Å². The minimum absolute atomic E-state index is 0.150. The van der Waals surface area contributed by atoms with Gasteiger partial charge in [-0.2, -0.15) is 0 Å². The lowest BCUT2D eigenvalue weighted by atomic mass is 9.69. The van der Waals surface area contributed by atoms with Crippen molar-refractivity contribution in [3.05, 3.63) is 62.5 Å². The minimum atomic E-state index is -1.02. The van der Waals surface area contributed by atoms with Crippen molar-refractivity contribution in [2.75, 3.05) is 7.11 Å². The lowest BCUT2D eigenvalue weighted by Crippen LogP contribution is -2.43. The van der Waals surface area contributed by atoms with E-state index in [2.05, 4.69) is 5.32 Å². The first-order chi connectivity index (χ1) is 17.2. The molecule has 0 spiro atoms. The summed E-state index contributed by atoms with van der Waals surface area (Å²) >= 11 is 0. The molecule has 9 nitrogen and oxygen atoms in total. The molecular formula is C27H32N2O7. The Morgan fingerprint density at radius 2 is 1.83 bits per heavy atom. The van der Waals surface area contributed by atoms with E-state index >= 15 is 0 Å². The highest BCUT2D eigenvalue weighted by molar-refractivity contribution is 6.12. The van der Waals surface area contributed by atoms with Crippen molar-refractivity contribution in [3.8, 4) is 0 Å². The second-order valence-electron chi connectivity index (χ2n) is 9.91. The number of Topliss-reactive ketones (excluding diaryl/α,β-unsaturated/α-hetero) is 1. The number of nitrogens with zero attached hydrogens (tertiary/aromatic N) is 1. The quantitative estimate of drug-likeness (QED) is 0.208. The van der Waals surface area contributed by atoms with Crippen LogP contribution in [-0.2, 0) is 23.9 Å². The number of carbonyl (C=O) groups excluding carboxylic acids is 3. The molecule has 3 aliphatic rings. The number of ether oxygens (including phenoxy) is 2. The fraction of sp³-hybridized carbons (Fsp3) is 0.519. The molecular weight excluding hydrogens is 464 g/mol. The van der Waals surface area contributed by atoms with Crippen LogP contribution in [0.4, 0.5) is 5.69 Å². The maximum absolute atomic E-state index is 13.8. The predicted molar refractivity (Wildman–Crippen MR) is 131 cm³/mol. The third kappa shape index (κ3) is 4.92. The number of nitro groups is 1. The summed E-state index contributed by atoms with van der Waals surface area (Å²) in [5.74, 6) is -3.84. The van der Waals surface area contributed by atoms with E-state index in [-0.39, 0.29) is 28.9 Å². The van der Waals surface area contributed by atoms with Crippen LogP contribution in [0.2, 0.25) is 0 Å². The molecule has 36 heavy (non-hydrogen) atoms. The Bertz CT molecular complexity index is 1140. The van der Waals surface area contributed by atoms with Crippen molar-refractivity contribution < 1.29 is 28.8 Å². The van der Waals surface area contributed by atoms with Gasteiger partial charge in [-0.15, -0.1) is 0 Å². The maximum Gasteiger partial charge on any atom is 0.337 e. The molecule has 3 atom stereocenters. The summed E-state index contributed by atoms with van der Waals surface area (Å²) in [5, 5.41) is 14.8. The van der Waals surface area contributed by atoms with Gasteiger partial charge in [0.05, 0.1) is 17.6 Å². The third-order valence-corrected chi connectivity index (χ3v) is 7.45. The standard InChI is InChI=1S/C27H32N2O7/c1-15-13-20-24(25(30)21(15)26(31)35-3)23(17-9-8-10-18(14-17)29(33)34)22(16(2)28-20)27(32)36-19-11-6-4-5-7-12-19/h8-10,14-15,19,21,23,28H,4-7,11-13H2,1-3H3/t15-,21-,23+/m0/s1. The summed E-state index contributed by atoms with van der Waals surface area (Å²) in [4.78, 5) is 51.0. The number of rotatable bonds is 5. The normalized spacial score (nSPS) is 25.0. The summed E-state index contributed by atoms with van der Waals surface area (Å²) in [5.41, 5.74) is 1.95. The van der Waals surface area contributed by atoms with Gasteiger partial charge in [0.25, 0.3) is 5.69 Å². The van der Waals surface area contributed by atoms with Gasteiger partial charge in [0.1, 0.15) is 12.0 Å². The van der Waals surface area contributed by atoms with E-state index in [0.29, 0.717) is 23.4 Å². The SMILES string of the molecule is COC(=O)[C@@H]1C(=O)C2=C(C[C@@H]1C)NC(C)=C(C(=O)OC1CCCCCC1)[C@H]2c1cccc([N+](=O)[O-])c1. The fourth-order valence-electron chi connectivity index (χ4n) is 5.68. The van der Waals surface area contributed by atoms with Crippen molar-refractivity contribution in [1.82, 2.24) is 5.32 Å². The first kappa shape index (κ1) is 25.6. The van der Waals surface area contributed by atoms with Crippen LogP contribution in [0.15, 0.2) is 46.8 Å². The Morgan fingerprint density at radius 3 is 2.47 bits per heavy atom. The average Bonchev–Trinajstić information content (AvgIpc) is 3.11. The van der Waals surface area contributed by atoms with Crippen LogP contribution in [-0.4, -0.2) is 35.9 Å². The highest BCUT2D eigenvalue weighted by atomic mass is 16.6. The maximum atomic E-state index is 13.8. The molecule has 1 heterocycles. The van der Waals surface area contributed by atoms with Crippen molar-refractivity contribution in [1.29, 1.82) is 0 Å². The lowest BCUT2D eigenvalue weighted by molar-refractivity contribution is -0.384. The molecule has 192 valence electrons. The smallest absolute Gasteiger partial charge is 0.337 e. The summed E-state index contributed by atoms with van der Waals surface area (Å²) in [6.45, 7) is 3.56.